The van der Waals surface area contributed by atoms with Crippen molar-refractivity contribution in [2.45, 2.75) is 13.5 Å². The molecule has 1 aliphatic rings. The van der Waals surface area contributed by atoms with Gasteiger partial charge in [0.2, 0.25) is 0 Å². The van der Waals surface area contributed by atoms with Crippen molar-refractivity contribution in [1.82, 2.24) is 9.78 Å². The van der Waals surface area contributed by atoms with E-state index in [0.29, 0.717) is 6.54 Å². The number of hydrogen-bond acceptors (Lipinski definition) is 3. The van der Waals surface area contributed by atoms with Crippen LogP contribution >= 0.6 is 0 Å². The lowest BCUT2D eigenvalue weighted by molar-refractivity contribution is 0.0518. The van der Waals surface area contributed by atoms with Crippen LogP contribution in [0, 0.1) is 0 Å². The monoisotopic (exact) mass is 272 g/mol. The topological polar surface area (TPSA) is 64.1 Å². The lowest BCUT2D eigenvalue weighted by Crippen LogP contribution is -2.16. The van der Waals surface area contributed by atoms with Crippen LogP contribution in [-0.2, 0) is 11.3 Å². The first-order chi connectivity index (χ1) is 9.70. The van der Waals surface area contributed by atoms with Gasteiger partial charge in [-0.2, -0.15) is 0 Å². The predicted molar refractivity (Wildman–Crippen MR) is 76.5 cm³/mol. The first-order valence-corrected chi connectivity index (χ1v) is 6.38. The van der Waals surface area contributed by atoms with Crippen LogP contribution in [0.1, 0.15) is 17.4 Å². The zero-order valence-electron chi connectivity index (χ0n) is 11.2. The molecule has 1 N–H and O–H groups in total. The standard InChI is InChI=1S/C15H16N2O3/c1-2-20-15(19)13-10-14(18)17(16-13)11-12-8-6-4-3-5-7-9-12/h3-10,16H,2,11H2,1H3/b4-3-,5-3?,6-4?,7-5-,8-6?,9-7?,12-8?,12-9?. The minimum Gasteiger partial charge on any atom is -0.461 e. The summed E-state index contributed by atoms with van der Waals surface area (Å²) in [4.78, 5) is 23.4. The zero-order valence-corrected chi connectivity index (χ0v) is 11.2. The summed E-state index contributed by atoms with van der Waals surface area (Å²) in [6.45, 7) is 2.36. The molecule has 0 aromatic carbocycles. The summed E-state index contributed by atoms with van der Waals surface area (Å²) in [7, 11) is 0. The Morgan fingerprint density at radius 3 is 2.80 bits per heavy atom. The van der Waals surface area contributed by atoms with Crippen molar-refractivity contribution >= 4 is 5.97 Å². The third kappa shape index (κ3) is 3.47. The van der Waals surface area contributed by atoms with Gasteiger partial charge in [0.25, 0.3) is 5.56 Å². The number of H-pyrrole nitrogens is 1. The van der Waals surface area contributed by atoms with E-state index < -0.39 is 5.97 Å². The molecule has 0 amide bonds. The van der Waals surface area contributed by atoms with E-state index in [2.05, 4.69) is 5.10 Å². The predicted octanol–water partition coefficient (Wildman–Crippen LogP) is 1.96. The number of nitrogens with one attached hydrogen (secondary N) is 1. The fourth-order valence-corrected chi connectivity index (χ4v) is 1.76. The normalized spacial score (nSPS) is 16.9. The maximum absolute atomic E-state index is 11.8. The molecule has 0 spiro atoms. The Hall–Kier alpha value is -2.56. The number of aromatic amines is 1. The minimum atomic E-state index is -0.520. The highest BCUT2D eigenvalue weighted by Crippen LogP contribution is 2.04. The van der Waals surface area contributed by atoms with Crippen molar-refractivity contribution in [2.24, 2.45) is 0 Å². The molecule has 0 saturated carbocycles. The van der Waals surface area contributed by atoms with Gasteiger partial charge in [0, 0.05) is 6.07 Å². The van der Waals surface area contributed by atoms with E-state index in [9.17, 15) is 9.59 Å². The van der Waals surface area contributed by atoms with E-state index in [1.165, 1.54) is 10.7 Å². The summed E-state index contributed by atoms with van der Waals surface area (Å²) in [5, 5.41) is 2.76. The summed E-state index contributed by atoms with van der Waals surface area (Å²) in [5.41, 5.74) is 0.858. The Morgan fingerprint density at radius 2 is 2.00 bits per heavy atom. The first kappa shape index (κ1) is 13.9. The van der Waals surface area contributed by atoms with Crippen LogP contribution < -0.4 is 5.56 Å². The molecule has 5 heteroatoms. The zero-order chi connectivity index (χ0) is 14.4. The molecule has 0 aliphatic heterocycles. The van der Waals surface area contributed by atoms with Crippen LogP contribution in [0.2, 0.25) is 0 Å². The van der Waals surface area contributed by atoms with Gasteiger partial charge in [-0.25, -0.2) is 9.48 Å². The Kier molecular flexibility index (Phi) is 4.55. The molecule has 1 heterocycles. The lowest BCUT2D eigenvalue weighted by Gasteiger charge is -2.04. The molecule has 0 saturated heterocycles. The van der Waals surface area contributed by atoms with Crippen LogP contribution in [0.3, 0.4) is 0 Å². The van der Waals surface area contributed by atoms with Crippen molar-refractivity contribution in [3.05, 3.63) is 70.2 Å². The highest BCUT2D eigenvalue weighted by atomic mass is 16.5. The smallest absolute Gasteiger partial charge is 0.356 e. The number of carbonyl (C=O) groups excluding carboxylic acids is 1. The molecule has 1 aliphatic carbocycles. The lowest BCUT2D eigenvalue weighted by atomic mass is 10.2. The van der Waals surface area contributed by atoms with Crippen LogP contribution in [0.5, 0.6) is 0 Å². The Bertz CT molecular complexity index is 657. The van der Waals surface area contributed by atoms with E-state index in [0.717, 1.165) is 5.57 Å². The second kappa shape index (κ2) is 6.56. The molecule has 2 rings (SSSR count). The fourth-order valence-electron chi connectivity index (χ4n) is 1.76. The van der Waals surface area contributed by atoms with Gasteiger partial charge in [-0.05, 0) is 12.5 Å². The van der Waals surface area contributed by atoms with Gasteiger partial charge in [0.1, 0.15) is 5.69 Å². The number of allylic oxidation sites excluding steroid dienone is 8. The Labute approximate surface area is 116 Å². The SMILES string of the molecule is CCOC(=O)c1cc(=O)n(CC2=C/C=C\C=C/C=C2)[nH]1. The van der Waals surface area contributed by atoms with Crippen LogP contribution in [-0.4, -0.2) is 22.4 Å². The molecular formula is C15H16N2O3. The highest BCUT2D eigenvalue weighted by molar-refractivity contribution is 5.86. The molecule has 0 fully saturated rings. The van der Waals surface area contributed by atoms with Crippen LogP contribution in [0.4, 0.5) is 0 Å². The maximum Gasteiger partial charge on any atom is 0.356 e. The van der Waals surface area contributed by atoms with Gasteiger partial charge in [-0.15, -0.1) is 0 Å². The minimum absolute atomic E-state index is 0.169. The summed E-state index contributed by atoms with van der Waals surface area (Å²) >= 11 is 0. The van der Waals surface area contributed by atoms with Crippen molar-refractivity contribution in [3.63, 3.8) is 0 Å². The number of aromatic nitrogens is 2. The number of rotatable bonds is 4. The number of ether oxygens (including phenoxy) is 1. The third-order valence-electron chi connectivity index (χ3n) is 2.69. The molecule has 1 aromatic heterocycles. The molecule has 1 aromatic rings. The first-order valence-electron chi connectivity index (χ1n) is 6.38. The summed E-state index contributed by atoms with van der Waals surface area (Å²) < 4.78 is 6.23. The summed E-state index contributed by atoms with van der Waals surface area (Å²) in [6.07, 6.45) is 13.4. The van der Waals surface area contributed by atoms with Gasteiger partial charge >= 0.3 is 5.97 Å². The molecule has 0 radical (unpaired) electrons. The number of nitrogens with zero attached hydrogens (tertiary/aromatic N) is 1. The second-order valence-electron chi connectivity index (χ2n) is 4.19. The van der Waals surface area contributed by atoms with Gasteiger partial charge in [0.15, 0.2) is 0 Å². The second-order valence-corrected chi connectivity index (χ2v) is 4.19. The summed E-state index contributed by atoms with van der Waals surface area (Å²) in [6, 6.07) is 1.25. The maximum atomic E-state index is 11.8. The van der Waals surface area contributed by atoms with Gasteiger partial charge < -0.3 is 4.74 Å². The average molecular weight is 272 g/mol. The number of carbonyl (C=O) groups is 1. The average Bonchev–Trinajstić information content (AvgIpc) is 2.74. The van der Waals surface area contributed by atoms with Crippen molar-refractivity contribution in [3.8, 4) is 0 Å². The Balaban J connectivity index is 2.18. The Morgan fingerprint density at radius 1 is 1.25 bits per heavy atom. The van der Waals surface area contributed by atoms with E-state index >= 15 is 0 Å². The van der Waals surface area contributed by atoms with E-state index in [4.69, 9.17) is 4.74 Å². The van der Waals surface area contributed by atoms with Gasteiger partial charge in [-0.1, -0.05) is 42.5 Å². The van der Waals surface area contributed by atoms with E-state index in [1.807, 2.05) is 42.5 Å². The molecule has 5 nitrogen and oxygen atoms in total. The molecule has 20 heavy (non-hydrogen) atoms. The van der Waals surface area contributed by atoms with Crippen molar-refractivity contribution < 1.29 is 9.53 Å². The molecule has 0 unspecified atom stereocenters. The summed E-state index contributed by atoms with van der Waals surface area (Å²) in [5.74, 6) is -0.520. The molecule has 0 atom stereocenters. The number of esters is 1. The fraction of sp³-hybridized carbons (Fsp3) is 0.200. The van der Waals surface area contributed by atoms with Gasteiger partial charge in [0.05, 0.1) is 13.2 Å². The molecular weight excluding hydrogens is 256 g/mol. The highest BCUT2D eigenvalue weighted by Gasteiger charge is 2.12. The van der Waals surface area contributed by atoms with E-state index in [-0.39, 0.29) is 17.9 Å². The largest absolute Gasteiger partial charge is 0.461 e. The van der Waals surface area contributed by atoms with Crippen molar-refractivity contribution in [1.29, 1.82) is 0 Å². The molecule has 104 valence electrons. The van der Waals surface area contributed by atoms with Crippen LogP contribution in [0.15, 0.2) is 59.0 Å². The quantitative estimate of drug-likeness (QED) is 0.852. The van der Waals surface area contributed by atoms with Gasteiger partial charge in [-0.3, -0.25) is 9.89 Å². The molecule has 0 bridgehead atoms. The van der Waals surface area contributed by atoms with E-state index in [1.54, 1.807) is 6.92 Å². The number of hydrogen-bond donors (Lipinski definition) is 1. The third-order valence-corrected chi connectivity index (χ3v) is 2.69. The van der Waals surface area contributed by atoms with Crippen molar-refractivity contribution in [2.75, 3.05) is 6.61 Å². The van der Waals surface area contributed by atoms with Crippen LogP contribution in [0.25, 0.3) is 0 Å².